The summed E-state index contributed by atoms with van der Waals surface area (Å²) < 4.78 is 1.19. The van der Waals surface area contributed by atoms with E-state index in [0.29, 0.717) is 0 Å². The molecule has 0 heterocycles. The number of halogens is 1. The van der Waals surface area contributed by atoms with Gasteiger partial charge in [-0.15, -0.1) is 0 Å². The van der Waals surface area contributed by atoms with Crippen LogP contribution in [0.4, 0.5) is 0 Å². The minimum atomic E-state index is -1.09. The van der Waals surface area contributed by atoms with E-state index < -0.39 is 8.07 Å². The first-order chi connectivity index (χ1) is 5.00. The van der Waals surface area contributed by atoms with Gasteiger partial charge in [-0.1, -0.05) is 52.9 Å². The van der Waals surface area contributed by atoms with Crippen LogP contribution in [-0.2, 0) is 0 Å². The number of rotatable bonds is 1. The maximum atomic E-state index is 3.48. The fourth-order valence-electron chi connectivity index (χ4n) is 0.955. The summed E-state index contributed by atoms with van der Waals surface area (Å²) in [5.41, 5.74) is 0. The summed E-state index contributed by atoms with van der Waals surface area (Å²) >= 11 is 3.48. The molecule has 0 aromatic heterocycles. The first-order valence-corrected chi connectivity index (χ1v) is 8.05. The van der Waals surface area contributed by atoms with Gasteiger partial charge in [0, 0.05) is 4.47 Å². The van der Waals surface area contributed by atoms with Crippen molar-refractivity contribution in [2.45, 2.75) is 19.6 Å². The summed E-state index contributed by atoms with van der Waals surface area (Å²) in [7, 11) is -1.09. The molecule has 1 aromatic carbocycles. The van der Waals surface area contributed by atoms with E-state index in [1.165, 1.54) is 9.66 Å². The third-order valence-electron chi connectivity index (χ3n) is 1.69. The molecule has 0 unspecified atom stereocenters. The Labute approximate surface area is 103 Å². The molecule has 0 N–H and O–H groups in total. The zero-order chi connectivity index (χ0) is 8.48. The van der Waals surface area contributed by atoms with Crippen LogP contribution in [0.15, 0.2) is 28.7 Å². The Kier molecular flexibility index (Phi) is 5.06. The SMILES string of the molecule is C[Si](C)(C)c1cccc(Br)c1.[H-].[H-].[Mg+2]. The molecule has 0 saturated carbocycles. The van der Waals surface area contributed by atoms with Crippen molar-refractivity contribution in [2.75, 3.05) is 0 Å². The molecule has 1 aromatic rings. The Morgan fingerprint density at radius 1 is 1.25 bits per heavy atom. The van der Waals surface area contributed by atoms with Crippen LogP contribution in [0.3, 0.4) is 0 Å². The van der Waals surface area contributed by atoms with Crippen LogP contribution in [0.2, 0.25) is 19.6 Å². The molecule has 12 heavy (non-hydrogen) atoms. The predicted octanol–water partition coefficient (Wildman–Crippen LogP) is 2.84. The van der Waals surface area contributed by atoms with Gasteiger partial charge in [0.1, 0.15) is 0 Å². The molecular formula is C9H15BrMgSi. The Morgan fingerprint density at radius 3 is 2.17 bits per heavy atom. The van der Waals surface area contributed by atoms with Crippen molar-refractivity contribution >= 4 is 52.2 Å². The molecule has 64 valence electrons. The van der Waals surface area contributed by atoms with E-state index in [9.17, 15) is 0 Å². The van der Waals surface area contributed by atoms with Gasteiger partial charge in [-0.3, -0.25) is 0 Å². The van der Waals surface area contributed by atoms with Gasteiger partial charge >= 0.3 is 23.1 Å². The van der Waals surface area contributed by atoms with Crippen molar-refractivity contribution < 1.29 is 2.85 Å². The summed E-state index contributed by atoms with van der Waals surface area (Å²) in [6.45, 7) is 7.07. The average molecular weight is 256 g/mol. The molecule has 0 amide bonds. The minimum absolute atomic E-state index is 0. The predicted molar refractivity (Wildman–Crippen MR) is 65.1 cm³/mol. The van der Waals surface area contributed by atoms with E-state index in [1.807, 2.05) is 0 Å². The quantitative estimate of drug-likeness (QED) is 0.677. The third kappa shape index (κ3) is 3.60. The summed E-state index contributed by atoms with van der Waals surface area (Å²) in [6, 6.07) is 8.63. The maximum Gasteiger partial charge on any atom is 2.00 e. The molecule has 0 nitrogen and oxygen atoms in total. The molecule has 0 spiro atoms. The summed E-state index contributed by atoms with van der Waals surface area (Å²) in [6.07, 6.45) is 0. The van der Waals surface area contributed by atoms with Gasteiger partial charge in [0.25, 0.3) is 0 Å². The van der Waals surface area contributed by atoms with Gasteiger partial charge in [0.15, 0.2) is 0 Å². The first kappa shape index (κ1) is 12.7. The Hall–Kier alpha value is 0.683. The normalized spacial score (nSPS) is 10.7. The molecule has 0 aliphatic carbocycles. The molecule has 0 atom stereocenters. The molecule has 0 aliphatic heterocycles. The smallest absolute Gasteiger partial charge is 1.00 e. The average Bonchev–Trinajstić information content (AvgIpc) is 1.86. The van der Waals surface area contributed by atoms with Gasteiger partial charge in [0.05, 0.1) is 8.07 Å². The number of benzene rings is 1. The van der Waals surface area contributed by atoms with Gasteiger partial charge < -0.3 is 2.85 Å². The minimum Gasteiger partial charge on any atom is -1.00 e. The van der Waals surface area contributed by atoms with E-state index in [-0.39, 0.29) is 25.9 Å². The largest absolute Gasteiger partial charge is 2.00 e. The maximum absolute atomic E-state index is 3.48. The second-order valence-electron chi connectivity index (χ2n) is 3.76. The number of hydrogen-bond acceptors (Lipinski definition) is 0. The molecular weight excluding hydrogens is 240 g/mol. The van der Waals surface area contributed by atoms with Gasteiger partial charge in [-0.25, -0.2) is 0 Å². The Morgan fingerprint density at radius 2 is 1.83 bits per heavy atom. The first-order valence-electron chi connectivity index (χ1n) is 3.76. The molecule has 1 rings (SSSR count). The van der Waals surface area contributed by atoms with Crippen molar-refractivity contribution in [3.63, 3.8) is 0 Å². The van der Waals surface area contributed by atoms with Crippen molar-refractivity contribution in [2.24, 2.45) is 0 Å². The van der Waals surface area contributed by atoms with E-state index in [4.69, 9.17) is 0 Å². The van der Waals surface area contributed by atoms with Crippen LogP contribution < -0.4 is 5.19 Å². The van der Waals surface area contributed by atoms with Crippen LogP contribution in [-0.4, -0.2) is 31.1 Å². The van der Waals surface area contributed by atoms with Gasteiger partial charge in [-0.05, 0) is 12.1 Å². The topological polar surface area (TPSA) is 0 Å². The zero-order valence-electron chi connectivity index (χ0n) is 9.89. The third-order valence-corrected chi connectivity index (χ3v) is 4.23. The van der Waals surface area contributed by atoms with E-state index in [2.05, 4.69) is 59.8 Å². The van der Waals surface area contributed by atoms with Gasteiger partial charge in [-0.2, -0.15) is 0 Å². The standard InChI is InChI=1S/C9H13BrSi.Mg.2H/c1-11(2,3)9-6-4-5-8(10)7-9;;;/h4-7H,1-3H3;;;/q;+2;2*-1. The van der Waals surface area contributed by atoms with Crippen LogP contribution in [0.25, 0.3) is 0 Å². The van der Waals surface area contributed by atoms with Crippen LogP contribution in [0, 0.1) is 0 Å². The van der Waals surface area contributed by atoms with E-state index in [1.54, 1.807) is 0 Å². The fraction of sp³-hybridized carbons (Fsp3) is 0.333. The Bertz CT molecular complexity index is 263. The summed E-state index contributed by atoms with van der Waals surface area (Å²) in [5, 5.41) is 1.51. The van der Waals surface area contributed by atoms with E-state index >= 15 is 0 Å². The Balaban J connectivity index is -0.000000403. The molecule has 0 radical (unpaired) electrons. The van der Waals surface area contributed by atoms with Gasteiger partial charge in [0.2, 0.25) is 0 Å². The van der Waals surface area contributed by atoms with Crippen molar-refractivity contribution in [3.05, 3.63) is 28.7 Å². The number of hydrogen-bond donors (Lipinski definition) is 0. The molecule has 3 heteroatoms. The second kappa shape index (κ2) is 4.79. The molecule has 0 fully saturated rings. The van der Waals surface area contributed by atoms with Crippen LogP contribution in [0.1, 0.15) is 2.85 Å². The van der Waals surface area contributed by atoms with Crippen LogP contribution >= 0.6 is 15.9 Å². The monoisotopic (exact) mass is 254 g/mol. The second-order valence-corrected chi connectivity index (χ2v) is 9.75. The fourth-order valence-corrected chi connectivity index (χ4v) is 2.75. The molecule has 0 bridgehead atoms. The van der Waals surface area contributed by atoms with Crippen molar-refractivity contribution in [3.8, 4) is 0 Å². The van der Waals surface area contributed by atoms with Crippen LogP contribution in [0.5, 0.6) is 0 Å². The van der Waals surface area contributed by atoms with E-state index in [0.717, 1.165) is 0 Å². The van der Waals surface area contributed by atoms with Crippen molar-refractivity contribution in [1.82, 2.24) is 0 Å². The molecule has 0 aliphatic rings. The zero-order valence-corrected chi connectivity index (χ0v) is 11.9. The van der Waals surface area contributed by atoms with Crippen molar-refractivity contribution in [1.29, 1.82) is 0 Å². The summed E-state index contributed by atoms with van der Waals surface area (Å²) in [5.74, 6) is 0. The molecule has 0 saturated heterocycles. The summed E-state index contributed by atoms with van der Waals surface area (Å²) in [4.78, 5) is 0.